The third kappa shape index (κ3) is 3.23. The molecule has 1 aromatic rings. The van der Waals surface area contributed by atoms with Gasteiger partial charge in [-0.3, -0.25) is 9.59 Å². The molecular weight excluding hydrogens is 274 g/mol. The first-order valence-corrected chi connectivity index (χ1v) is 8.06. The Morgan fingerprint density at radius 1 is 1.27 bits per heavy atom. The Morgan fingerprint density at radius 3 is 2.41 bits per heavy atom. The van der Waals surface area contributed by atoms with Crippen LogP contribution in [0, 0.1) is 5.92 Å². The molecule has 0 spiro atoms. The van der Waals surface area contributed by atoms with E-state index in [2.05, 4.69) is 40.7 Å². The minimum Gasteiger partial charge on any atom is -0.331 e. The predicted octanol–water partition coefficient (Wildman–Crippen LogP) is 4.12. The third-order valence-electron chi connectivity index (χ3n) is 4.19. The highest BCUT2D eigenvalue weighted by atomic mass is 16.2. The number of carbonyl (C=O) groups excluding carboxylic acids is 2. The molecule has 3 nitrogen and oxygen atoms in total. The summed E-state index contributed by atoms with van der Waals surface area (Å²) in [6, 6.07) is 6.00. The summed E-state index contributed by atoms with van der Waals surface area (Å²) in [4.78, 5) is 26.3. The van der Waals surface area contributed by atoms with Crippen molar-refractivity contribution in [1.82, 2.24) is 4.90 Å². The van der Waals surface area contributed by atoms with Crippen molar-refractivity contribution < 1.29 is 9.59 Å². The first-order chi connectivity index (χ1) is 10.1. The van der Waals surface area contributed by atoms with Crippen LogP contribution in [0.3, 0.4) is 0 Å². The Kier molecular flexibility index (Phi) is 4.46. The first kappa shape index (κ1) is 16.7. The van der Waals surface area contributed by atoms with Gasteiger partial charge in [0.25, 0.3) is 5.91 Å². The smallest absolute Gasteiger partial charge is 0.254 e. The fourth-order valence-corrected chi connectivity index (χ4v) is 3.06. The normalized spacial score (nSPS) is 18.0. The molecule has 0 radical (unpaired) electrons. The van der Waals surface area contributed by atoms with Gasteiger partial charge in [-0.15, -0.1) is 0 Å². The molecule has 1 heterocycles. The number of amides is 1. The molecule has 0 fully saturated rings. The van der Waals surface area contributed by atoms with Crippen molar-refractivity contribution in [1.29, 1.82) is 0 Å². The average molecular weight is 301 g/mol. The molecule has 1 unspecified atom stereocenters. The number of Topliss-reactive ketones (excluding diaryl/α,β-unsaturated/α-hetero) is 1. The van der Waals surface area contributed by atoms with E-state index in [0.29, 0.717) is 18.9 Å². The Bertz CT molecular complexity index is 596. The number of benzene rings is 1. The molecule has 1 aromatic carbocycles. The lowest BCUT2D eigenvalue weighted by Gasteiger charge is -2.27. The second-order valence-electron chi connectivity index (χ2n) is 7.83. The second kappa shape index (κ2) is 5.86. The van der Waals surface area contributed by atoms with Crippen molar-refractivity contribution in [3.63, 3.8) is 0 Å². The third-order valence-corrected chi connectivity index (χ3v) is 4.19. The van der Waals surface area contributed by atoms with E-state index in [9.17, 15) is 9.59 Å². The Balaban J connectivity index is 2.48. The summed E-state index contributed by atoms with van der Waals surface area (Å²) in [6.45, 7) is 13.0. The van der Waals surface area contributed by atoms with E-state index in [1.165, 1.54) is 5.56 Å². The number of nitrogens with zero attached hydrogens (tertiary/aromatic N) is 1. The zero-order valence-electron chi connectivity index (χ0n) is 14.6. The van der Waals surface area contributed by atoms with Gasteiger partial charge >= 0.3 is 0 Å². The van der Waals surface area contributed by atoms with Gasteiger partial charge < -0.3 is 4.90 Å². The Morgan fingerprint density at radius 2 is 1.91 bits per heavy atom. The summed E-state index contributed by atoms with van der Waals surface area (Å²) in [7, 11) is 0. The van der Waals surface area contributed by atoms with Crippen LogP contribution in [0.2, 0.25) is 0 Å². The van der Waals surface area contributed by atoms with E-state index < -0.39 is 0 Å². The van der Waals surface area contributed by atoms with Crippen molar-refractivity contribution in [2.45, 2.75) is 59.4 Å². The van der Waals surface area contributed by atoms with Crippen LogP contribution < -0.4 is 0 Å². The summed E-state index contributed by atoms with van der Waals surface area (Å²) < 4.78 is 0. The summed E-state index contributed by atoms with van der Waals surface area (Å²) in [5, 5.41) is 0. The second-order valence-corrected chi connectivity index (χ2v) is 7.83. The zero-order valence-corrected chi connectivity index (χ0v) is 14.6. The lowest BCUT2D eigenvalue weighted by Crippen LogP contribution is -2.32. The maximum atomic E-state index is 12.7. The highest BCUT2D eigenvalue weighted by Crippen LogP contribution is 2.39. The predicted molar refractivity (Wildman–Crippen MR) is 89.1 cm³/mol. The van der Waals surface area contributed by atoms with Crippen molar-refractivity contribution in [2.75, 3.05) is 6.54 Å². The number of hydrogen-bond donors (Lipinski definition) is 0. The van der Waals surface area contributed by atoms with Crippen molar-refractivity contribution >= 4 is 11.7 Å². The molecule has 0 saturated heterocycles. The fourth-order valence-electron chi connectivity index (χ4n) is 3.06. The van der Waals surface area contributed by atoms with Crippen molar-refractivity contribution in [3.8, 4) is 0 Å². The minimum atomic E-state index is -0.107. The lowest BCUT2D eigenvalue weighted by molar-refractivity contribution is -0.118. The number of hydrogen-bond acceptors (Lipinski definition) is 2. The molecule has 1 aliphatic heterocycles. The monoisotopic (exact) mass is 301 g/mol. The largest absolute Gasteiger partial charge is 0.331 e. The molecular formula is C19H27NO2. The molecule has 0 N–H and O–H groups in total. The molecule has 0 aliphatic carbocycles. The van der Waals surface area contributed by atoms with E-state index in [0.717, 1.165) is 11.1 Å². The summed E-state index contributed by atoms with van der Waals surface area (Å²) >= 11 is 0. The molecule has 0 aromatic heterocycles. The molecule has 2 rings (SSSR count). The van der Waals surface area contributed by atoms with E-state index >= 15 is 0 Å². The fraction of sp³-hybridized carbons (Fsp3) is 0.579. The van der Waals surface area contributed by atoms with Crippen LogP contribution >= 0.6 is 0 Å². The van der Waals surface area contributed by atoms with Crippen LogP contribution in [0.25, 0.3) is 0 Å². The molecule has 1 aliphatic rings. The standard InChI is InChI=1S/C19H27NO2/c1-12(2)11-20-17(9-13(3)21)16-10-14(19(4,5)6)7-8-15(16)18(20)22/h7-8,10,12,17H,9,11H2,1-6H3. The van der Waals surface area contributed by atoms with Gasteiger partial charge in [0.1, 0.15) is 5.78 Å². The molecule has 0 saturated carbocycles. The van der Waals surface area contributed by atoms with Crippen LogP contribution in [0.1, 0.15) is 75.5 Å². The summed E-state index contributed by atoms with van der Waals surface area (Å²) in [5.74, 6) is 0.575. The lowest BCUT2D eigenvalue weighted by atomic mass is 9.84. The average Bonchev–Trinajstić information content (AvgIpc) is 2.62. The first-order valence-electron chi connectivity index (χ1n) is 8.06. The SMILES string of the molecule is CC(=O)CC1c2cc(C(C)(C)C)ccc2C(=O)N1CC(C)C. The van der Waals surface area contributed by atoms with Crippen LogP contribution in [-0.4, -0.2) is 23.1 Å². The number of ketones is 1. The van der Waals surface area contributed by atoms with Gasteiger partial charge in [-0.05, 0) is 35.4 Å². The van der Waals surface area contributed by atoms with Crippen LogP contribution in [-0.2, 0) is 10.2 Å². The van der Waals surface area contributed by atoms with E-state index in [-0.39, 0.29) is 23.1 Å². The van der Waals surface area contributed by atoms with Gasteiger partial charge in [0.2, 0.25) is 0 Å². The minimum absolute atomic E-state index is 0.0321. The van der Waals surface area contributed by atoms with E-state index in [1.54, 1.807) is 6.92 Å². The molecule has 1 atom stereocenters. The maximum absolute atomic E-state index is 12.7. The maximum Gasteiger partial charge on any atom is 0.254 e. The molecule has 0 bridgehead atoms. The van der Waals surface area contributed by atoms with Crippen LogP contribution in [0.4, 0.5) is 0 Å². The molecule has 22 heavy (non-hydrogen) atoms. The summed E-state index contributed by atoms with van der Waals surface area (Å²) in [6.07, 6.45) is 0.402. The summed E-state index contributed by atoms with van der Waals surface area (Å²) in [5.41, 5.74) is 3.02. The van der Waals surface area contributed by atoms with Gasteiger partial charge in [-0.2, -0.15) is 0 Å². The van der Waals surface area contributed by atoms with Gasteiger partial charge in [-0.25, -0.2) is 0 Å². The highest BCUT2D eigenvalue weighted by Gasteiger charge is 2.38. The Labute approximate surface area is 133 Å². The van der Waals surface area contributed by atoms with Crippen LogP contribution in [0.5, 0.6) is 0 Å². The topological polar surface area (TPSA) is 37.4 Å². The van der Waals surface area contributed by atoms with E-state index in [4.69, 9.17) is 0 Å². The molecule has 3 heteroatoms. The van der Waals surface area contributed by atoms with Gasteiger partial charge in [0, 0.05) is 18.5 Å². The van der Waals surface area contributed by atoms with Crippen molar-refractivity contribution in [2.24, 2.45) is 5.92 Å². The quantitative estimate of drug-likeness (QED) is 0.839. The zero-order chi connectivity index (χ0) is 16.7. The van der Waals surface area contributed by atoms with E-state index in [1.807, 2.05) is 17.0 Å². The van der Waals surface area contributed by atoms with Crippen molar-refractivity contribution in [3.05, 3.63) is 34.9 Å². The number of carbonyl (C=O) groups is 2. The van der Waals surface area contributed by atoms with Gasteiger partial charge in [0.15, 0.2) is 0 Å². The van der Waals surface area contributed by atoms with Gasteiger partial charge in [0.05, 0.1) is 6.04 Å². The Hall–Kier alpha value is -1.64. The molecule has 1 amide bonds. The number of rotatable bonds is 4. The molecule has 120 valence electrons. The highest BCUT2D eigenvalue weighted by molar-refractivity contribution is 6.00. The number of fused-ring (bicyclic) bond motifs is 1. The van der Waals surface area contributed by atoms with Gasteiger partial charge in [-0.1, -0.05) is 46.8 Å². The van der Waals surface area contributed by atoms with Crippen LogP contribution in [0.15, 0.2) is 18.2 Å².